The zero-order valence-electron chi connectivity index (χ0n) is 11.7. The van der Waals surface area contributed by atoms with Crippen LogP contribution in [0, 0.1) is 19.8 Å². The summed E-state index contributed by atoms with van der Waals surface area (Å²) in [6.45, 7) is 8.43. The van der Waals surface area contributed by atoms with Gasteiger partial charge in [-0.25, -0.2) is 4.98 Å². The van der Waals surface area contributed by atoms with Crippen LogP contribution in [-0.4, -0.2) is 28.0 Å². The van der Waals surface area contributed by atoms with Gasteiger partial charge in [-0.15, -0.1) is 0 Å². The Kier molecular flexibility index (Phi) is 6.12. The third-order valence-electron chi connectivity index (χ3n) is 2.75. The number of rotatable bonds is 6. The molecule has 0 aliphatic carbocycles. The molecule has 0 fully saturated rings. The van der Waals surface area contributed by atoms with Crippen LogP contribution in [-0.2, 0) is 0 Å². The van der Waals surface area contributed by atoms with Crippen LogP contribution in [0.3, 0.4) is 0 Å². The zero-order valence-corrected chi connectivity index (χ0v) is 12.5. The van der Waals surface area contributed by atoms with E-state index in [1.807, 2.05) is 19.1 Å². The molecular weight excluding hydrogens is 244 g/mol. The molecule has 102 valence electrons. The number of aromatic nitrogens is 1. The molecule has 1 aromatic heterocycles. The first kappa shape index (κ1) is 15.5. The highest BCUT2D eigenvalue weighted by molar-refractivity contribution is 8.00. The van der Waals surface area contributed by atoms with Crippen molar-refractivity contribution in [3.63, 3.8) is 0 Å². The van der Waals surface area contributed by atoms with Crippen LogP contribution in [0.1, 0.15) is 31.5 Å². The molecular formula is C14H24N2OS. The number of hydrogen-bond acceptors (Lipinski definition) is 4. The highest BCUT2D eigenvalue weighted by Crippen LogP contribution is 2.26. The Labute approximate surface area is 114 Å². The molecule has 0 aromatic carbocycles. The van der Waals surface area contributed by atoms with Gasteiger partial charge in [0.05, 0.1) is 11.6 Å². The predicted octanol–water partition coefficient (Wildman–Crippen LogP) is 2.52. The smallest absolute Gasteiger partial charge is 0.0969 e. The summed E-state index contributed by atoms with van der Waals surface area (Å²) in [5.74, 6) is 0.543. The number of nitrogens with two attached hydrogens (primary N) is 1. The highest BCUT2D eigenvalue weighted by Gasteiger charge is 2.20. The van der Waals surface area contributed by atoms with E-state index in [0.29, 0.717) is 5.92 Å². The molecule has 0 spiro atoms. The molecule has 1 rings (SSSR count). The van der Waals surface area contributed by atoms with Gasteiger partial charge in [0.25, 0.3) is 0 Å². The van der Waals surface area contributed by atoms with E-state index in [1.165, 1.54) is 5.56 Å². The summed E-state index contributed by atoms with van der Waals surface area (Å²) in [4.78, 5) is 4.48. The number of pyridine rings is 1. The van der Waals surface area contributed by atoms with Crippen LogP contribution in [0.25, 0.3) is 0 Å². The first-order chi connectivity index (χ1) is 8.42. The maximum Gasteiger partial charge on any atom is 0.0969 e. The fraction of sp³-hybridized carbons (Fsp3) is 0.643. The van der Waals surface area contributed by atoms with Crippen molar-refractivity contribution < 1.29 is 5.11 Å². The van der Waals surface area contributed by atoms with Gasteiger partial charge in [-0.3, -0.25) is 0 Å². The molecule has 2 unspecified atom stereocenters. The second-order valence-corrected chi connectivity index (χ2v) is 6.52. The Balaban J connectivity index is 2.72. The first-order valence-electron chi connectivity index (χ1n) is 6.40. The van der Waals surface area contributed by atoms with Crippen molar-refractivity contribution in [2.75, 3.05) is 6.61 Å². The molecule has 0 aliphatic heterocycles. The quantitative estimate of drug-likeness (QED) is 0.778. The molecule has 2 atom stereocenters. The Morgan fingerprint density at radius 1 is 1.33 bits per heavy atom. The van der Waals surface area contributed by atoms with Gasteiger partial charge in [0, 0.05) is 17.0 Å². The fourth-order valence-electron chi connectivity index (χ4n) is 1.98. The number of aryl methyl sites for hydroxylation is 2. The average Bonchev–Trinajstić information content (AvgIpc) is 2.23. The lowest BCUT2D eigenvalue weighted by Crippen LogP contribution is -2.36. The number of hydrogen-bond donors (Lipinski definition) is 2. The lowest BCUT2D eigenvalue weighted by Gasteiger charge is -2.22. The lowest BCUT2D eigenvalue weighted by atomic mass is 10.0. The van der Waals surface area contributed by atoms with Gasteiger partial charge >= 0.3 is 0 Å². The van der Waals surface area contributed by atoms with Crippen LogP contribution in [0.5, 0.6) is 0 Å². The second kappa shape index (κ2) is 7.12. The van der Waals surface area contributed by atoms with Gasteiger partial charge in [-0.2, -0.15) is 0 Å². The summed E-state index contributed by atoms with van der Waals surface area (Å²) in [6, 6.07) is 4.09. The van der Waals surface area contributed by atoms with Crippen molar-refractivity contribution in [3.8, 4) is 0 Å². The maximum atomic E-state index is 9.48. The molecule has 1 aromatic rings. The van der Waals surface area contributed by atoms with E-state index >= 15 is 0 Å². The highest BCUT2D eigenvalue weighted by atomic mass is 32.2. The SMILES string of the molecule is Cc1cc(C)nc(SC(CO)C(N)CC(C)C)c1. The van der Waals surface area contributed by atoms with E-state index in [4.69, 9.17) is 5.73 Å². The van der Waals surface area contributed by atoms with E-state index in [-0.39, 0.29) is 17.9 Å². The van der Waals surface area contributed by atoms with Crippen LogP contribution in [0.2, 0.25) is 0 Å². The third kappa shape index (κ3) is 4.96. The second-order valence-electron chi connectivity index (χ2n) is 5.26. The van der Waals surface area contributed by atoms with E-state index in [0.717, 1.165) is 17.1 Å². The Morgan fingerprint density at radius 2 is 2.00 bits per heavy atom. The van der Waals surface area contributed by atoms with Gasteiger partial charge in [0.2, 0.25) is 0 Å². The number of nitrogens with zero attached hydrogens (tertiary/aromatic N) is 1. The average molecular weight is 268 g/mol. The molecule has 3 N–H and O–H groups in total. The van der Waals surface area contributed by atoms with Gasteiger partial charge in [-0.1, -0.05) is 25.6 Å². The van der Waals surface area contributed by atoms with Gasteiger partial charge in [0.1, 0.15) is 0 Å². The van der Waals surface area contributed by atoms with Crippen molar-refractivity contribution in [2.45, 2.75) is 50.4 Å². The van der Waals surface area contributed by atoms with Gasteiger partial charge in [-0.05, 0) is 43.9 Å². The van der Waals surface area contributed by atoms with E-state index in [1.54, 1.807) is 11.8 Å². The van der Waals surface area contributed by atoms with Crippen molar-refractivity contribution in [3.05, 3.63) is 23.4 Å². The normalized spacial score (nSPS) is 14.8. The molecule has 0 saturated carbocycles. The minimum absolute atomic E-state index is 0.00242. The minimum Gasteiger partial charge on any atom is -0.395 e. The summed E-state index contributed by atoms with van der Waals surface area (Å²) in [7, 11) is 0. The largest absolute Gasteiger partial charge is 0.395 e. The van der Waals surface area contributed by atoms with Crippen molar-refractivity contribution >= 4 is 11.8 Å². The molecule has 0 bridgehead atoms. The van der Waals surface area contributed by atoms with E-state index in [2.05, 4.69) is 25.8 Å². The Morgan fingerprint density at radius 3 is 2.50 bits per heavy atom. The van der Waals surface area contributed by atoms with Crippen molar-refractivity contribution in [1.29, 1.82) is 0 Å². The molecule has 1 heterocycles. The molecule has 0 radical (unpaired) electrons. The molecule has 3 nitrogen and oxygen atoms in total. The van der Waals surface area contributed by atoms with Crippen LogP contribution in [0.15, 0.2) is 17.2 Å². The van der Waals surface area contributed by atoms with E-state index in [9.17, 15) is 5.11 Å². The zero-order chi connectivity index (χ0) is 13.7. The standard InChI is InChI=1S/C14H24N2OS/c1-9(2)5-12(15)13(8-17)18-14-7-10(3)6-11(4)16-14/h6-7,9,12-13,17H,5,8,15H2,1-4H3. The summed E-state index contributed by atoms with van der Waals surface area (Å²) < 4.78 is 0. The molecule has 4 heteroatoms. The van der Waals surface area contributed by atoms with Crippen molar-refractivity contribution in [1.82, 2.24) is 4.98 Å². The maximum absolute atomic E-state index is 9.48. The van der Waals surface area contributed by atoms with Crippen LogP contribution in [0.4, 0.5) is 0 Å². The summed E-state index contributed by atoms with van der Waals surface area (Å²) >= 11 is 1.58. The Hall–Kier alpha value is -0.580. The third-order valence-corrected chi connectivity index (χ3v) is 4.00. The lowest BCUT2D eigenvalue weighted by molar-refractivity contribution is 0.275. The van der Waals surface area contributed by atoms with Crippen LogP contribution >= 0.6 is 11.8 Å². The minimum atomic E-state index is 0.00242. The van der Waals surface area contributed by atoms with E-state index < -0.39 is 0 Å². The van der Waals surface area contributed by atoms with Gasteiger partial charge < -0.3 is 10.8 Å². The first-order valence-corrected chi connectivity index (χ1v) is 7.28. The fourth-order valence-corrected chi connectivity index (χ4v) is 3.10. The molecule has 0 aliphatic rings. The number of aliphatic hydroxyl groups is 1. The number of aliphatic hydroxyl groups excluding tert-OH is 1. The predicted molar refractivity (Wildman–Crippen MR) is 77.9 cm³/mol. The topological polar surface area (TPSA) is 59.1 Å². The summed E-state index contributed by atoms with van der Waals surface area (Å²) in [6.07, 6.45) is 0.920. The summed E-state index contributed by atoms with van der Waals surface area (Å²) in [5.41, 5.74) is 8.34. The molecule has 18 heavy (non-hydrogen) atoms. The van der Waals surface area contributed by atoms with Crippen LogP contribution < -0.4 is 5.73 Å². The summed E-state index contributed by atoms with van der Waals surface area (Å²) in [5, 5.41) is 10.4. The monoisotopic (exact) mass is 268 g/mol. The van der Waals surface area contributed by atoms with Gasteiger partial charge in [0.15, 0.2) is 0 Å². The Bertz CT molecular complexity index is 362. The van der Waals surface area contributed by atoms with Crippen molar-refractivity contribution in [2.24, 2.45) is 11.7 Å². The molecule has 0 amide bonds. The number of thioether (sulfide) groups is 1. The molecule has 0 saturated heterocycles.